The Labute approximate surface area is 155 Å². The van der Waals surface area contributed by atoms with E-state index < -0.39 is 0 Å². The highest BCUT2D eigenvalue weighted by molar-refractivity contribution is 5.93. The van der Waals surface area contributed by atoms with Gasteiger partial charge in [0.1, 0.15) is 6.10 Å². The number of aromatic nitrogens is 3. The number of benzene rings is 1. The quantitative estimate of drug-likeness (QED) is 0.714. The first-order chi connectivity index (χ1) is 13.3. The third-order valence-corrected chi connectivity index (χ3v) is 4.07. The number of hydrogen-bond donors (Lipinski definition) is 1. The van der Waals surface area contributed by atoms with Gasteiger partial charge in [0.05, 0.1) is 25.3 Å². The molecule has 0 bridgehead atoms. The molecular formula is C19H18N4O4. The lowest BCUT2D eigenvalue weighted by Crippen LogP contribution is -2.23. The van der Waals surface area contributed by atoms with Crippen LogP contribution in [0.25, 0.3) is 11.4 Å². The van der Waals surface area contributed by atoms with Crippen LogP contribution in [0, 0.1) is 0 Å². The second-order valence-corrected chi connectivity index (χ2v) is 6.05. The van der Waals surface area contributed by atoms with Crippen LogP contribution in [0.2, 0.25) is 0 Å². The molecule has 0 radical (unpaired) electrons. The SMILES string of the molecule is O=C(NCc1nc(-c2ccccc2)no1)c1ccc(OC2CCOC2)nc1. The summed E-state index contributed by atoms with van der Waals surface area (Å²) >= 11 is 0. The van der Waals surface area contributed by atoms with Crippen molar-refractivity contribution in [2.75, 3.05) is 13.2 Å². The van der Waals surface area contributed by atoms with Crippen LogP contribution in [-0.4, -0.2) is 40.3 Å². The summed E-state index contributed by atoms with van der Waals surface area (Å²) in [4.78, 5) is 20.7. The zero-order valence-electron chi connectivity index (χ0n) is 14.5. The predicted molar refractivity (Wildman–Crippen MR) is 95.0 cm³/mol. The van der Waals surface area contributed by atoms with Crippen molar-refractivity contribution in [1.82, 2.24) is 20.4 Å². The van der Waals surface area contributed by atoms with E-state index in [-0.39, 0.29) is 18.6 Å². The number of nitrogens with one attached hydrogen (secondary N) is 1. The van der Waals surface area contributed by atoms with Crippen molar-refractivity contribution >= 4 is 5.91 Å². The zero-order valence-corrected chi connectivity index (χ0v) is 14.5. The van der Waals surface area contributed by atoms with Gasteiger partial charge in [-0.05, 0) is 6.07 Å². The molecular weight excluding hydrogens is 348 g/mol. The molecule has 0 spiro atoms. The summed E-state index contributed by atoms with van der Waals surface area (Å²) in [5, 5.41) is 6.66. The van der Waals surface area contributed by atoms with E-state index in [2.05, 4.69) is 20.4 Å². The van der Waals surface area contributed by atoms with Crippen LogP contribution in [0.4, 0.5) is 0 Å². The van der Waals surface area contributed by atoms with E-state index in [1.807, 2.05) is 30.3 Å². The molecule has 8 heteroatoms. The molecule has 1 atom stereocenters. The zero-order chi connectivity index (χ0) is 18.5. The number of carbonyl (C=O) groups excluding carboxylic acids is 1. The Morgan fingerprint density at radius 1 is 1.22 bits per heavy atom. The number of rotatable bonds is 6. The number of hydrogen-bond acceptors (Lipinski definition) is 7. The molecule has 0 aliphatic carbocycles. The van der Waals surface area contributed by atoms with Crippen molar-refractivity contribution in [3.63, 3.8) is 0 Å². The van der Waals surface area contributed by atoms with Crippen LogP contribution in [0.15, 0.2) is 53.2 Å². The Morgan fingerprint density at radius 3 is 2.85 bits per heavy atom. The van der Waals surface area contributed by atoms with Crippen molar-refractivity contribution in [2.24, 2.45) is 0 Å². The Hall–Kier alpha value is -3.26. The van der Waals surface area contributed by atoms with Gasteiger partial charge in [-0.25, -0.2) is 4.98 Å². The minimum absolute atomic E-state index is 0.0218. The molecule has 3 aromatic rings. The maximum Gasteiger partial charge on any atom is 0.253 e. The van der Waals surface area contributed by atoms with Gasteiger partial charge in [0, 0.05) is 24.2 Å². The van der Waals surface area contributed by atoms with Gasteiger partial charge in [0.2, 0.25) is 17.6 Å². The molecule has 138 valence electrons. The highest BCUT2D eigenvalue weighted by Gasteiger charge is 2.18. The maximum atomic E-state index is 12.2. The molecule has 2 aromatic heterocycles. The monoisotopic (exact) mass is 366 g/mol. The topological polar surface area (TPSA) is 99.4 Å². The minimum Gasteiger partial charge on any atom is -0.472 e. The molecule has 8 nitrogen and oxygen atoms in total. The lowest BCUT2D eigenvalue weighted by atomic mass is 10.2. The molecule has 1 N–H and O–H groups in total. The summed E-state index contributed by atoms with van der Waals surface area (Å²) in [6, 6.07) is 12.8. The van der Waals surface area contributed by atoms with Gasteiger partial charge in [0.15, 0.2) is 0 Å². The molecule has 1 fully saturated rings. The summed E-state index contributed by atoms with van der Waals surface area (Å²) in [6.45, 7) is 1.40. The number of nitrogens with zero attached hydrogens (tertiary/aromatic N) is 3. The normalized spacial score (nSPS) is 16.2. The van der Waals surface area contributed by atoms with Crippen LogP contribution < -0.4 is 10.1 Å². The number of pyridine rings is 1. The van der Waals surface area contributed by atoms with Crippen molar-refractivity contribution in [2.45, 2.75) is 19.1 Å². The Morgan fingerprint density at radius 2 is 2.11 bits per heavy atom. The minimum atomic E-state index is -0.280. The van der Waals surface area contributed by atoms with Crippen LogP contribution >= 0.6 is 0 Å². The number of ether oxygens (including phenoxy) is 2. The summed E-state index contributed by atoms with van der Waals surface area (Å²) in [5.41, 5.74) is 1.28. The molecule has 1 saturated heterocycles. The van der Waals surface area contributed by atoms with Crippen molar-refractivity contribution < 1.29 is 18.8 Å². The molecule has 1 aliphatic heterocycles. The van der Waals surface area contributed by atoms with Gasteiger partial charge >= 0.3 is 0 Å². The molecule has 1 aromatic carbocycles. The molecule has 3 heterocycles. The van der Waals surface area contributed by atoms with Gasteiger partial charge in [-0.1, -0.05) is 35.5 Å². The molecule has 27 heavy (non-hydrogen) atoms. The Balaban J connectivity index is 1.32. The van der Waals surface area contributed by atoms with E-state index in [4.69, 9.17) is 14.0 Å². The standard InChI is InChI=1S/C19H18N4O4/c24-19(14-6-7-16(20-10-14)26-15-8-9-25-12-15)21-11-17-22-18(23-27-17)13-4-2-1-3-5-13/h1-7,10,15H,8-9,11-12H2,(H,21,24). The highest BCUT2D eigenvalue weighted by atomic mass is 16.5. The summed E-state index contributed by atoms with van der Waals surface area (Å²) in [5.74, 6) is 1.01. The van der Waals surface area contributed by atoms with Crippen molar-refractivity contribution in [3.8, 4) is 17.3 Å². The first-order valence-corrected chi connectivity index (χ1v) is 8.64. The lowest BCUT2D eigenvalue weighted by molar-refractivity contribution is 0.0945. The van der Waals surface area contributed by atoms with Crippen LogP contribution in [0.1, 0.15) is 22.7 Å². The van der Waals surface area contributed by atoms with Gasteiger partial charge in [0.25, 0.3) is 5.91 Å². The van der Waals surface area contributed by atoms with Crippen LogP contribution in [0.3, 0.4) is 0 Å². The van der Waals surface area contributed by atoms with Gasteiger partial charge in [-0.15, -0.1) is 0 Å². The third kappa shape index (κ3) is 4.29. The molecule has 1 unspecified atom stereocenters. The maximum absolute atomic E-state index is 12.2. The first kappa shape index (κ1) is 17.2. The fraction of sp³-hybridized carbons (Fsp3) is 0.263. The van der Waals surface area contributed by atoms with E-state index in [0.717, 1.165) is 12.0 Å². The highest BCUT2D eigenvalue weighted by Crippen LogP contribution is 2.16. The fourth-order valence-corrected chi connectivity index (χ4v) is 2.65. The van der Waals surface area contributed by atoms with E-state index in [1.165, 1.54) is 6.20 Å². The largest absolute Gasteiger partial charge is 0.472 e. The molecule has 0 saturated carbocycles. The third-order valence-electron chi connectivity index (χ3n) is 4.07. The van der Waals surface area contributed by atoms with Gasteiger partial charge in [-0.3, -0.25) is 4.79 Å². The van der Waals surface area contributed by atoms with E-state index in [1.54, 1.807) is 12.1 Å². The Bertz CT molecular complexity index is 890. The van der Waals surface area contributed by atoms with Crippen molar-refractivity contribution in [1.29, 1.82) is 0 Å². The second kappa shape index (κ2) is 7.96. The second-order valence-electron chi connectivity index (χ2n) is 6.05. The van der Waals surface area contributed by atoms with E-state index >= 15 is 0 Å². The average molecular weight is 366 g/mol. The molecule has 1 aliphatic rings. The molecule has 1 amide bonds. The average Bonchev–Trinajstić information content (AvgIpc) is 3.39. The summed E-state index contributed by atoms with van der Waals surface area (Å²) in [7, 11) is 0. The van der Waals surface area contributed by atoms with Crippen LogP contribution in [0.5, 0.6) is 5.88 Å². The van der Waals surface area contributed by atoms with E-state index in [0.29, 0.717) is 36.4 Å². The summed E-state index contributed by atoms with van der Waals surface area (Å²) in [6.07, 6.45) is 2.34. The molecule has 4 rings (SSSR count). The van der Waals surface area contributed by atoms with Gasteiger partial charge < -0.3 is 19.3 Å². The number of carbonyl (C=O) groups is 1. The van der Waals surface area contributed by atoms with Crippen molar-refractivity contribution in [3.05, 3.63) is 60.1 Å². The van der Waals surface area contributed by atoms with Crippen LogP contribution in [-0.2, 0) is 11.3 Å². The number of amides is 1. The van der Waals surface area contributed by atoms with E-state index in [9.17, 15) is 4.79 Å². The fourth-order valence-electron chi connectivity index (χ4n) is 2.65. The smallest absolute Gasteiger partial charge is 0.253 e. The predicted octanol–water partition coefficient (Wildman–Crippen LogP) is 2.23. The lowest BCUT2D eigenvalue weighted by Gasteiger charge is -2.10. The van der Waals surface area contributed by atoms with Gasteiger partial charge in [-0.2, -0.15) is 4.98 Å². The Kier molecular flexibility index (Phi) is 5.06. The summed E-state index contributed by atoms with van der Waals surface area (Å²) < 4.78 is 16.1. The first-order valence-electron chi connectivity index (χ1n) is 8.64.